The lowest BCUT2D eigenvalue weighted by Crippen LogP contribution is -2.15. The highest BCUT2D eigenvalue weighted by molar-refractivity contribution is 5.76. The molecule has 122 valence electrons. The number of halogens is 3. The molecule has 0 unspecified atom stereocenters. The van der Waals surface area contributed by atoms with Crippen molar-refractivity contribution in [2.45, 2.75) is 19.6 Å². The van der Waals surface area contributed by atoms with Crippen LogP contribution in [0.2, 0.25) is 0 Å². The number of alkyl halides is 3. The first-order chi connectivity index (χ1) is 11.4. The smallest absolute Gasteiger partial charge is 0.314 e. The maximum absolute atomic E-state index is 13.3. The van der Waals surface area contributed by atoms with Crippen LogP contribution in [0.1, 0.15) is 17.1 Å². The number of hydrogen-bond donors (Lipinski definition) is 0. The van der Waals surface area contributed by atoms with Gasteiger partial charge in [-0.05, 0) is 30.7 Å². The molecular formula is C17H13F3N4. The normalized spacial score (nSPS) is 12.3. The van der Waals surface area contributed by atoms with Crippen LogP contribution >= 0.6 is 0 Å². The molecule has 0 atom stereocenters. The van der Waals surface area contributed by atoms with E-state index in [0.29, 0.717) is 16.7 Å². The Labute approximate surface area is 135 Å². The fraction of sp³-hybridized carbons (Fsp3) is 0.176. The summed E-state index contributed by atoms with van der Waals surface area (Å²) in [6, 6.07) is 10.4. The van der Waals surface area contributed by atoms with Gasteiger partial charge in [0, 0.05) is 12.4 Å². The van der Waals surface area contributed by atoms with Crippen molar-refractivity contribution in [2.75, 3.05) is 0 Å². The van der Waals surface area contributed by atoms with E-state index >= 15 is 0 Å². The maximum atomic E-state index is 13.3. The van der Waals surface area contributed by atoms with Crippen LogP contribution in [0, 0.1) is 6.92 Å². The molecule has 0 N–H and O–H groups in total. The van der Waals surface area contributed by atoms with Crippen LogP contribution in [0.15, 0.2) is 48.8 Å². The zero-order chi connectivity index (χ0) is 16.9. The molecule has 0 saturated heterocycles. The van der Waals surface area contributed by atoms with E-state index in [9.17, 15) is 13.2 Å². The molecule has 0 spiro atoms. The molecule has 0 amide bonds. The summed E-state index contributed by atoms with van der Waals surface area (Å²) in [7, 11) is 0. The number of aromatic nitrogens is 4. The summed E-state index contributed by atoms with van der Waals surface area (Å²) >= 11 is 0. The molecule has 4 aromatic rings. The molecule has 0 fully saturated rings. The van der Waals surface area contributed by atoms with Gasteiger partial charge >= 0.3 is 6.18 Å². The van der Waals surface area contributed by atoms with E-state index in [1.54, 1.807) is 30.5 Å². The van der Waals surface area contributed by atoms with Crippen molar-refractivity contribution >= 4 is 16.7 Å². The Morgan fingerprint density at radius 1 is 1.04 bits per heavy atom. The number of benzene rings is 1. The number of imidazole rings is 2. The third-order valence-corrected chi connectivity index (χ3v) is 3.96. The van der Waals surface area contributed by atoms with Crippen molar-refractivity contribution in [3.8, 4) is 0 Å². The average Bonchev–Trinajstić information content (AvgIpc) is 3.10. The van der Waals surface area contributed by atoms with Crippen LogP contribution in [0.4, 0.5) is 13.2 Å². The van der Waals surface area contributed by atoms with Crippen LogP contribution in [-0.4, -0.2) is 18.9 Å². The van der Waals surface area contributed by atoms with Gasteiger partial charge < -0.3 is 8.97 Å². The highest BCUT2D eigenvalue weighted by Crippen LogP contribution is 2.32. The van der Waals surface area contributed by atoms with Crippen molar-refractivity contribution < 1.29 is 13.2 Å². The second kappa shape index (κ2) is 5.09. The summed E-state index contributed by atoms with van der Waals surface area (Å²) in [4.78, 5) is 8.22. The third kappa shape index (κ3) is 2.33. The number of pyridine rings is 1. The Morgan fingerprint density at radius 3 is 2.58 bits per heavy atom. The van der Waals surface area contributed by atoms with Gasteiger partial charge in [-0.3, -0.25) is 0 Å². The van der Waals surface area contributed by atoms with E-state index in [4.69, 9.17) is 0 Å². The van der Waals surface area contributed by atoms with E-state index in [2.05, 4.69) is 9.97 Å². The molecule has 4 nitrogen and oxygen atoms in total. The predicted molar refractivity (Wildman–Crippen MR) is 83.8 cm³/mol. The molecule has 7 heteroatoms. The average molecular weight is 330 g/mol. The Bertz CT molecular complexity index is 1040. The minimum Gasteiger partial charge on any atom is -0.314 e. The molecule has 3 aromatic heterocycles. The summed E-state index contributed by atoms with van der Waals surface area (Å²) in [5.41, 5.74) is 3.03. The molecule has 4 rings (SSSR count). The SMILES string of the molecule is Cc1cccn2cc(Cn3c(C(F)(F)F)nc4ccccc43)nc12. The number of fused-ring (bicyclic) bond motifs is 2. The first-order valence-corrected chi connectivity index (χ1v) is 7.39. The Kier molecular flexibility index (Phi) is 3.13. The second-order valence-corrected chi connectivity index (χ2v) is 5.66. The lowest BCUT2D eigenvalue weighted by Gasteiger charge is -2.09. The molecule has 1 aromatic carbocycles. The van der Waals surface area contributed by atoms with Crippen molar-refractivity contribution in [3.63, 3.8) is 0 Å². The van der Waals surface area contributed by atoms with Gasteiger partial charge in [-0.25, -0.2) is 9.97 Å². The highest BCUT2D eigenvalue weighted by Gasteiger charge is 2.37. The van der Waals surface area contributed by atoms with E-state index < -0.39 is 12.0 Å². The van der Waals surface area contributed by atoms with Gasteiger partial charge in [-0.15, -0.1) is 0 Å². The first-order valence-electron chi connectivity index (χ1n) is 7.39. The van der Waals surface area contributed by atoms with Gasteiger partial charge in [-0.2, -0.15) is 13.2 Å². The van der Waals surface area contributed by atoms with Crippen LogP contribution in [-0.2, 0) is 12.7 Å². The standard InChI is InChI=1S/C17H13F3N4/c1-11-5-4-8-23-9-12(21-15(11)23)10-24-14-7-3-2-6-13(14)22-16(24)17(18,19)20/h2-9H,10H2,1H3. The summed E-state index contributed by atoms with van der Waals surface area (Å²) in [5.74, 6) is -0.905. The molecular weight excluding hydrogens is 317 g/mol. The molecule has 0 radical (unpaired) electrons. The molecule has 3 heterocycles. The highest BCUT2D eigenvalue weighted by atomic mass is 19.4. The summed E-state index contributed by atoms with van der Waals surface area (Å²) in [6.45, 7) is 1.93. The molecule has 0 saturated carbocycles. The van der Waals surface area contributed by atoms with Gasteiger partial charge in [0.2, 0.25) is 5.82 Å². The van der Waals surface area contributed by atoms with E-state index in [1.165, 1.54) is 4.57 Å². The van der Waals surface area contributed by atoms with E-state index in [0.717, 1.165) is 11.2 Å². The zero-order valence-corrected chi connectivity index (χ0v) is 12.7. The minimum atomic E-state index is -4.52. The van der Waals surface area contributed by atoms with E-state index in [-0.39, 0.29) is 6.54 Å². The van der Waals surface area contributed by atoms with Crippen molar-refractivity contribution in [2.24, 2.45) is 0 Å². The minimum absolute atomic E-state index is 0.0104. The van der Waals surface area contributed by atoms with Crippen LogP contribution in [0.3, 0.4) is 0 Å². The number of para-hydroxylation sites is 2. The number of aryl methyl sites for hydroxylation is 1. The van der Waals surface area contributed by atoms with Crippen molar-refractivity contribution in [1.82, 2.24) is 18.9 Å². The Balaban J connectivity index is 1.87. The number of nitrogens with zero attached hydrogens (tertiary/aromatic N) is 4. The van der Waals surface area contributed by atoms with Gasteiger partial charge in [0.1, 0.15) is 5.65 Å². The van der Waals surface area contributed by atoms with Gasteiger partial charge in [-0.1, -0.05) is 18.2 Å². The van der Waals surface area contributed by atoms with Crippen LogP contribution in [0.5, 0.6) is 0 Å². The monoisotopic (exact) mass is 330 g/mol. The first kappa shape index (κ1) is 14.7. The summed E-state index contributed by atoms with van der Waals surface area (Å²) in [6.07, 6.45) is -0.944. The molecule has 0 bridgehead atoms. The topological polar surface area (TPSA) is 35.1 Å². The number of hydrogen-bond acceptors (Lipinski definition) is 2. The molecule has 0 aliphatic carbocycles. The van der Waals surface area contributed by atoms with E-state index in [1.807, 2.05) is 29.7 Å². The molecule has 0 aliphatic rings. The summed E-state index contributed by atoms with van der Waals surface area (Å²) in [5, 5.41) is 0. The fourth-order valence-corrected chi connectivity index (χ4v) is 2.89. The molecule has 0 aliphatic heterocycles. The van der Waals surface area contributed by atoms with Gasteiger partial charge in [0.25, 0.3) is 0 Å². The molecule has 24 heavy (non-hydrogen) atoms. The lowest BCUT2D eigenvalue weighted by molar-refractivity contribution is -0.146. The maximum Gasteiger partial charge on any atom is 0.449 e. The largest absolute Gasteiger partial charge is 0.449 e. The number of rotatable bonds is 2. The predicted octanol–water partition coefficient (Wildman–Crippen LogP) is 4.06. The summed E-state index contributed by atoms with van der Waals surface area (Å²) < 4.78 is 43.0. The third-order valence-electron chi connectivity index (χ3n) is 3.96. The van der Waals surface area contributed by atoms with Crippen molar-refractivity contribution in [1.29, 1.82) is 0 Å². The van der Waals surface area contributed by atoms with Crippen molar-refractivity contribution in [3.05, 3.63) is 65.9 Å². The zero-order valence-electron chi connectivity index (χ0n) is 12.7. The Hall–Kier alpha value is -2.83. The lowest BCUT2D eigenvalue weighted by atomic mass is 10.3. The Morgan fingerprint density at radius 2 is 1.83 bits per heavy atom. The second-order valence-electron chi connectivity index (χ2n) is 5.66. The van der Waals surface area contributed by atoms with Crippen LogP contribution in [0.25, 0.3) is 16.7 Å². The van der Waals surface area contributed by atoms with Gasteiger partial charge in [0.05, 0.1) is 23.3 Å². The quantitative estimate of drug-likeness (QED) is 0.555. The van der Waals surface area contributed by atoms with Crippen LogP contribution < -0.4 is 0 Å². The van der Waals surface area contributed by atoms with Gasteiger partial charge in [0.15, 0.2) is 0 Å². The fourth-order valence-electron chi connectivity index (χ4n) is 2.89.